The van der Waals surface area contributed by atoms with Gasteiger partial charge >= 0.3 is 0 Å². The number of H-pyrrole nitrogens is 1. The lowest BCUT2D eigenvalue weighted by Gasteiger charge is -2.31. The number of ketones is 1. The maximum atomic E-state index is 14.0. The highest BCUT2D eigenvalue weighted by Gasteiger charge is 2.28. The number of carbonyl (C=O) groups is 2. The van der Waals surface area contributed by atoms with E-state index in [4.69, 9.17) is 4.74 Å². The van der Waals surface area contributed by atoms with E-state index in [9.17, 15) is 23.2 Å². The number of rotatable bonds is 7. The molecule has 3 aromatic rings. The monoisotopic (exact) mass is 470 g/mol. The molecular weight excluding hydrogens is 446 g/mol. The minimum atomic E-state index is -0.902. The Labute approximate surface area is 194 Å². The van der Waals surface area contributed by atoms with Gasteiger partial charge in [0, 0.05) is 55.7 Å². The first-order chi connectivity index (χ1) is 16.4. The second kappa shape index (κ2) is 10.1. The summed E-state index contributed by atoms with van der Waals surface area (Å²) in [4.78, 5) is 49.8. The molecule has 1 aliphatic heterocycles. The van der Waals surface area contributed by atoms with Gasteiger partial charge in [0.25, 0.3) is 5.56 Å². The van der Waals surface area contributed by atoms with E-state index in [0.717, 1.165) is 6.07 Å². The van der Waals surface area contributed by atoms with Crippen molar-refractivity contribution in [2.75, 3.05) is 20.2 Å². The van der Waals surface area contributed by atoms with Gasteiger partial charge < -0.3 is 14.6 Å². The van der Waals surface area contributed by atoms with E-state index in [-0.39, 0.29) is 47.2 Å². The van der Waals surface area contributed by atoms with Crippen LogP contribution in [0.1, 0.15) is 41.9 Å². The molecule has 3 heterocycles. The third-order valence-electron chi connectivity index (χ3n) is 6.03. The summed E-state index contributed by atoms with van der Waals surface area (Å²) in [6.07, 6.45) is 3.57. The van der Waals surface area contributed by atoms with Crippen molar-refractivity contribution in [1.29, 1.82) is 0 Å². The molecule has 2 aromatic heterocycles. The number of benzene rings is 1. The third-order valence-corrected chi connectivity index (χ3v) is 6.03. The summed E-state index contributed by atoms with van der Waals surface area (Å²) in [6, 6.07) is 4.97. The Bertz CT molecular complexity index is 1270. The number of aromatic nitrogens is 3. The van der Waals surface area contributed by atoms with Crippen molar-refractivity contribution in [1.82, 2.24) is 19.9 Å². The molecule has 0 spiro atoms. The molecule has 4 rings (SSSR count). The number of methoxy groups -OCH3 is 1. The quantitative estimate of drug-likeness (QED) is 0.532. The average molecular weight is 470 g/mol. The summed E-state index contributed by atoms with van der Waals surface area (Å²) in [5, 5.41) is -0.153. The predicted octanol–water partition coefficient (Wildman–Crippen LogP) is 3.05. The first kappa shape index (κ1) is 23.5. The number of hydrogen-bond donors (Lipinski definition) is 1. The van der Waals surface area contributed by atoms with Gasteiger partial charge in [0.15, 0.2) is 11.6 Å². The zero-order chi connectivity index (χ0) is 24.2. The minimum absolute atomic E-state index is 0.0145. The van der Waals surface area contributed by atoms with E-state index in [0.29, 0.717) is 49.9 Å². The van der Waals surface area contributed by atoms with Crippen LogP contribution in [0.5, 0.6) is 5.88 Å². The van der Waals surface area contributed by atoms with Gasteiger partial charge in [-0.25, -0.2) is 18.7 Å². The van der Waals surface area contributed by atoms with Gasteiger partial charge in [-0.3, -0.25) is 14.4 Å². The molecule has 1 saturated heterocycles. The van der Waals surface area contributed by atoms with Crippen LogP contribution in [0.3, 0.4) is 0 Å². The largest absolute Gasteiger partial charge is 0.481 e. The van der Waals surface area contributed by atoms with Crippen molar-refractivity contribution >= 4 is 22.6 Å². The summed E-state index contributed by atoms with van der Waals surface area (Å²) in [7, 11) is 1.51. The molecule has 0 bridgehead atoms. The number of piperidine rings is 1. The number of pyridine rings is 1. The molecular formula is C24H24F2N4O4. The lowest BCUT2D eigenvalue weighted by atomic mass is 9.89. The number of amides is 1. The summed E-state index contributed by atoms with van der Waals surface area (Å²) in [5.74, 6) is -1.25. The number of nitrogens with zero attached hydrogens (tertiary/aromatic N) is 3. The van der Waals surface area contributed by atoms with Gasteiger partial charge in [0.1, 0.15) is 17.2 Å². The predicted molar refractivity (Wildman–Crippen MR) is 120 cm³/mol. The highest BCUT2D eigenvalue weighted by Crippen LogP contribution is 2.23. The second-order valence-electron chi connectivity index (χ2n) is 8.26. The number of aromatic amines is 1. The number of halogens is 2. The molecule has 1 N–H and O–H groups in total. The second-order valence-corrected chi connectivity index (χ2v) is 8.26. The fourth-order valence-electron chi connectivity index (χ4n) is 4.17. The lowest BCUT2D eigenvalue weighted by Crippen LogP contribution is -2.40. The van der Waals surface area contributed by atoms with Crippen molar-refractivity contribution in [3.63, 3.8) is 0 Å². The molecule has 8 nitrogen and oxygen atoms in total. The number of fused-ring (bicyclic) bond motifs is 1. The van der Waals surface area contributed by atoms with Gasteiger partial charge in [0.2, 0.25) is 11.8 Å². The lowest BCUT2D eigenvalue weighted by molar-refractivity contribution is -0.132. The fourth-order valence-corrected chi connectivity index (χ4v) is 4.17. The van der Waals surface area contributed by atoms with Gasteiger partial charge in [0.05, 0.1) is 12.5 Å². The van der Waals surface area contributed by atoms with Crippen LogP contribution in [-0.4, -0.2) is 51.7 Å². The van der Waals surface area contributed by atoms with Crippen LogP contribution in [0.2, 0.25) is 0 Å². The number of hydrogen-bond acceptors (Lipinski definition) is 6. The van der Waals surface area contributed by atoms with Crippen molar-refractivity contribution in [3.05, 3.63) is 63.8 Å². The Hall–Kier alpha value is -3.69. The van der Waals surface area contributed by atoms with E-state index in [1.165, 1.54) is 13.3 Å². The van der Waals surface area contributed by atoms with Gasteiger partial charge in [-0.1, -0.05) is 0 Å². The molecule has 1 amide bonds. The van der Waals surface area contributed by atoms with E-state index in [2.05, 4.69) is 15.0 Å². The SMILES string of the molecule is COc1ccc(C(=O)C2CCN(C(=O)CCCc3nc4c(F)cc(F)cc4c(=O)[nH]3)CC2)cn1. The molecule has 0 saturated carbocycles. The van der Waals surface area contributed by atoms with Crippen LogP contribution in [-0.2, 0) is 11.2 Å². The molecule has 0 atom stereocenters. The average Bonchev–Trinajstić information content (AvgIpc) is 2.84. The molecule has 0 aliphatic carbocycles. The Morgan fingerprint density at radius 1 is 1.21 bits per heavy atom. The van der Waals surface area contributed by atoms with E-state index < -0.39 is 17.2 Å². The maximum absolute atomic E-state index is 14.0. The first-order valence-electron chi connectivity index (χ1n) is 11.1. The number of ether oxygens (including phenoxy) is 1. The zero-order valence-electron chi connectivity index (χ0n) is 18.6. The number of nitrogens with one attached hydrogen (secondary N) is 1. The van der Waals surface area contributed by atoms with Crippen LogP contribution in [0, 0.1) is 17.6 Å². The van der Waals surface area contributed by atoms with Crippen LogP contribution in [0.25, 0.3) is 10.9 Å². The van der Waals surface area contributed by atoms with Crippen LogP contribution in [0.4, 0.5) is 8.78 Å². The van der Waals surface area contributed by atoms with Crippen molar-refractivity contribution < 1.29 is 23.1 Å². The molecule has 10 heteroatoms. The Morgan fingerprint density at radius 2 is 1.97 bits per heavy atom. The number of Topliss-reactive ketones (excluding diaryl/α,β-unsaturated/α-hetero) is 1. The molecule has 1 aromatic carbocycles. The molecule has 1 aliphatic rings. The Kier molecular flexibility index (Phi) is 6.95. The van der Waals surface area contributed by atoms with Gasteiger partial charge in [-0.05, 0) is 31.4 Å². The smallest absolute Gasteiger partial charge is 0.258 e. The fraction of sp³-hybridized carbons (Fsp3) is 0.375. The Balaban J connectivity index is 1.28. The van der Waals surface area contributed by atoms with E-state index in [1.807, 2.05) is 0 Å². The summed E-state index contributed by atoms with van der Waals surface area (Å²) < 4.78 is 32.3. The highest BCUT2D eigenvalue weighted by atomic mass is 19.1. The molecule has 1 fully saturated rings. The normalized spacial score (nSPS) is 14.4. The van der Waals surface area contributed by atoms with Gasteiger partial charge in [-0.15, -0.1) is 0 Å². The van der Waals surface area contributed by atoms with E-state index in [1.54, 1.807) is 17.0 Å². The third kappa shape index (κ3) is 5.11. The zero-order valence-corrected chi connectivity index (χ0v) is 18.6. The number of carbonyl (C=O) groups excluding carboxylic acids is 2. The van der Waals surface area contributed by atoms with Crippen molar-refractivity contribution in [2.45, 2.75) is 32.1 Å². The van der Waals surface area contributed by atoms with Crippen LogP contribution >= 0.6 is 0 Å². The topological polar surface area (TPSA) is 105 Å². The number of aryl methyl sites for hydroxylation is 1. The molecule has 178 valence electrons. The van der Waals surface area contributed by atoms with Crippen molar-refractivity contribution in [3.8, 4) is 5.88 Å². The molecule has 0 unspecified atom stereocenters. The first-order valence-corrected chi connectivity index (χ1v) is 11.1. The number of likely N-dealkylation sites (tertiary alicyclic amines) is 1. The summed E-state index contributed by atoms with van der Waals surface area (Å²) in [5.41, 5.74) is -0.282. The highest BCUT2D eigenvalue weighted by molar-refractivity contribution is 5.97. The summed E-state index contributed by atoms with van der Waals surface area (Å²) >= 11 is 0. The van der Waals surface area contributed by atoms with Crippen molar-refractivity contribution in [2.24, 2.45) is 5.92 Å². The maximum Gasteiger partial charge on any atom is 0.258 e. The van der Waals surface area contributed by atoms with Gasteiger partial charge in [-0.2, -0.15) is 0 Å². The van der Waals surface area contributed by atoms with Crippen LogP contribution < -0.4 is 10.3 Å². The van der Waals surface area contributed by atoms with Crippen LogP contribution in [0.15, 0.2) is 35.3 Å². The summed E-state index contributed by atoms with van der Waals surface area (Å²) in [6.45, 7) is 0.974. The molecule has 34 heavy (non-hydrogen) atoms. The minimum Gasteiger partial charge on any atom is -0.481 e. The van der Waals surface area contributed by atoms with E-state index >= 15 is 0 Å². The standard InChI is InChI=1S/C24H24F2N4O4/c1-34-20-6-5-15(13-27-20)23(32)14-7-9-30(10-8-14)21(31)4-2-3-19-28-22-17(24(33)29-19)11-16(25)12-18(22)26/h5-6,11-14H,2-4,7-10H2,1H3,(H,28,29,33). The molecule has 0 radical (unpaired) electrons. The Morgan fingerprint density at radius 3 is 2.65 bits per heavy atom.